The maximum Gasteiger partial charge on any atom is 0.259 e. The lowest BCUT2D eigenvalue weighted by Gasteiger charge is -2.20. The molecule has 0 amide bonds. The van der Waals surface area contributed by atoms with Gasteiger partial charge in [0, 0.05) is 48.8 Å². The number of unbranched alkanes of at least 4 members (excludes halogenated alkanes) is 2. The maximum atomic E-state index is 12.5. The number of benzene rings is 1. The third-order valence-corrected chi connectivity index (χ3v) is 5.20. The first kappa shape index (κ1) is 19.2. The molecule has 2 heterocycles. The van der Waals surface area contributed by atoms with Gasteiger partial charge in [0.25, 0.3) is 5.56 Å². The minimum absolute atomic E-state index is 0.0206. The summed E-state index contributed by atoms with van der Waals surface area (Å²) in [6, 6.07) is 10.1. The van der Waals surface area contributed by atoms with Crippen LogP contribution in [0.2, 0.25) is 0 Å². The third kappa shape index (κ3) is 3.92. The molecule has 2 aromatic heterocycles. The quantitative estimate of drug-likeness (QED) is 0.551. The summed E-state index contributed by atoms with van der Waals surface area (Å²) in [6.45, 7) is 11.4. The van der Waals surface area contributed by atoms with Crippen LogP contribution in [0.15, 0.2) is 41.3 Å². The van der Waals surface area contributed by atoms with Crippen LogP contribution in [0.1, 0.15) is 45.7 Å². The molecule has 5 nitrogen and oxygen atoms in total. The average molecular weight is 367 g/mol. The second-order valence-electron chi connectivity index (χ2n) is 7.00. The number of hydrogen-bond acceptors (Lipinski definition) is 3. The van der Waals surface area contributed by atoms with E-state index in [-0.39, 0.29) is 5.56 Å². The molecule has 0 spiro atoms. The lowest BCUT2D eigenvalue weighted by Crippen LogP contribution is -2.21. The standard InChI is InChI=1S/C22H30N4O/c1-5-8-9-14-25-17(4)15-21(27)26-16-20(23-22(25)26)18-10-12-19(13-11-18)24(6-2)7-3/h10-13,15-16H,5-9,14H2,1-4H3. The first-order chi connectivity index (χ1) is 13.1. The Bertz CT molecular complexity index is 949. The molecule has 3 aromatic rings. The van der Waals surface area contributed by atoms with E-state index in [1.807, 2.05) is 13.1 Å². The van der Waals surface area contributed by atoms with E-state index in [1.54, 1.807) is 10.5 Å². The van der Waals surface area contributed by atoms with E-state index in [0.29, 0.717) is 0 Å². The van der Waals surface area contributed by atoms with Gasteiger partial charge >= 0.3 is 0 Å². The third-order valence-electron chi connectivity index (χ3n) is 5.20. The summed E-state index contributed by atoms with van der Waals surface area (Å²) in [5.41, 5.74) is 4.03. The molecule has 0 aliphatic carbocycles. The van der Waals surface area contributed by atoms with Crippen molar-refractivity contribution in [2.45, 2.75) is 53.5 Å². The molecule has 0 atom stereocenters. The summed E-state index contributed by atoms with van der Waals surface area (Å²) < 4.78 is 3.83. The van der Waals surface area contributed by atoms with Crippen molar-refractivity contribution >= 4 is 11.5 Å². The maximum absolute atomic E-state index is 12.5. The Labute approximate surface area is 161 Å². The monoisotopic (exact) mass is 366 g/mol. The highest BCUT2D eigenvalue weighted by Gasteiger charge is 2.12. The number of imidazole rings is 1. The average Bonchev–Trinajstić information content (AvgIpc) is 3.12. The van der Waals surface area contributed by atoms with Gasteiger partial charge in [0.1, 0.15) is 0 Å². The minimum atomic E-state index is -0.0206. The van der Waals surface area contributed by atoms with Crippen molar-refractivity contribution in [1.82, 2.24) is 14.0 Å². The van der Waals surface area contributed by atoms with E-state index in [9.17, 15) is 4.79 Å². The molecule has 0 fully saturated rings. The topological polar surface area (TPSA) is 42.5 Å². The van der Waals surface area contributed by atoms with Crippen LogP contribution in [0.25, 0.3) is 17.0 Å². The van der Waals surface area contributed by atoms with Crippen molar-refractivity contribution in [2.75, 3.05) is 18.0 Å². The Hall–Kier alpha value is -2.56. The van der Waals surface area contributed by atoms with E-state index in [4.69, 9.17) is 4.98 Å². The number of nitrogens with zero attached hydrogens (tertiary/aromatic N) is 4. The number of aryl methyl sites for hydroxylation is 2. The molecule has 0 saturated carbocycles. The highest BCUT2D eigenvalue weighted by molar-refractivity contribution is 5.65. The van der Waals surface area contributed by atoms with Crippen LogP contribution in [0.3, 0.4) is 0 Å². The molecule has 0 N–H and O–H groups in total. The van der Waals surface area contributed by atoms with E-state index < -0.39 is 0 Å². The summed E-state index contributed by atoms with van der Waals surface area (Å²) in [7, 11) is 0. The number of fused-ring (bicyclic) bond motifs is 1. The molecule has 27 heavy (non-hydrogen) atoms. The highest BCUT2D eigenvalue weighted by Crippen LogP contribution is 2.23. The molecule has 3 rings (SSSR count). The number of anilines is 1. The Morgan fingerprint density at radius 2 is 1.74 bits per heavy atom. The summed E-state index contributed by atoms with van der Waals surface area (Å²) in [5.74, 6) is 0.735. The molecule has 0 saturated heterocycles. The predicted octanol–water partition coefficient (Wildman–Crippen LogP) is 4.51. The predicted molar refractivity (Wildman–Crippen MR) is 113 cm³/mol. The molecular weight excluding hydrogens is 336 g/mol. The normalized spacial score (nSPS) is 11.3. The van der Waals surface area contributed by atoms with Gasteiger partial charge in [-0.15, -0.1) is 0 Å². The van der Waals surface area contributed by atoms with Crippen molar-refractivity contribution in [3.05, 3.63) is 52.6 Å². The lowest BCUT2D eigenvalue weighted by atomic mass is 10.1. The fraction of sp³-hybridized carbons (Fsp3) is 0.455. The van der Waals surface area contributed by atoms with Crippen molar-refractivity contribution in [3.8, 4) is 11.3 Å². The molecule has 0 radical (unpaired) electrons. The van der Waals surface area contributed by atoms with Gasteiger partial charge < -0.3 is 9.47 Å². The van der Waals surface area contributed by atoms with E-state index in [1.165, 1.54) is 18.5 Å². The molecule has 1 aromatic carbocycles. The fourth-order valence-electron chi connectivity index (χ4n) is 3.57. The Balaban J connectivity index is 1.99. The molecule has 0 unspecified atom stereocenters. The SMILES string of the molecule is CCCCCn1c(C)cc(=O)n2cc(-c3ccc(N(CC)CC)cc3)nc12. The first-order valence-electron chi connectivity index (χ1n) is 10.0. The van der Waals surface area contributed by atoms with E-state index in [0.717, 1.165) is 48.8 Å². The van der Waals surface area contributed by atoms with Gasteiger partial charge in [-0.05, 0) is 39.3 Å². The van der Waals surface area contributed by atoms with Crippen molar-refractivity contribution < 1.29 is 0 Å². The summed E-state index contributed by atoms with van der Waals surface area (Å²) >= 11 is 0. The van der Waals surface area contributed by atoms with Gasteiger partial charge in [0.05, 0.1) is 5.69 Å². The van der Waals surface area contributed by atoms with Gasteiger partial charge in [-0.3, -0.25) is 9.20 Å². The molecule has 5 heteroatoms. The van der Waals surface area contributed by atoms with Gasteiger partial charge in [-0.1, -0.05) is 31.9 Å². The summed E-state index contributed by atoms with van der Waals surface area (Å²) in [5, 5.41) is 0. The van der Waals surface area contributed by atoms with Crippen molar-refractivity contribution in [1.29, 1.82) is 0 Å². The fourth-order valence-corrected chi connectivity index (χ4v) is 3.57. The summed E-state index contributed by atoms with van der Waals surface area (Å²) in [6.07, 6.45) is 5.31. The van der Waals surface area contributed by atoms with Crippen LogP contribution in [0.4, 0.5) is 5.69 Å². The van der Waals surface area contributed by atoms with Crippen molar-refractivity contribution in [3.63, 3.8) is 0 Å². The molecule has 0 bridgehead atoms. The zero-order chi connectivity index (χ0) is 19.4. The van der Waals surface area contributed by atoms with E-state index in [2.05, 4.69) is 54.5 Å². The Kier molecular flexibility index (Phi) is 5.99. The Morgan fingerprint density at radius 3 is 2.37 bits per heavy atom. The zero-order valence-corrected chi connectivity index (χ0v) is 16.9. The van der Waals surface area contributed by atoms with Gasteiger partial charge in [-0.2, -0.15) is 0 Å². The molecule has 0 aliphatic heterocycles. The van der Waals surface area contributed by atoms with Crippen LogP contribution in [-0.4, -0.2) is 27.0 Å². The highest BCUT2D eigenvalue weighted by atomic mass is 16.1. The molecule has 0 aliphatic rings. The van der Waals surface area contributed by atoms with E-state index >= 15 is 0 Å². The number of hydrogen-bond donors (Lipinski definition) is 0. The second kappa shape index (κ2) is 8.42. The van der Waals surface area contributed by atoms with Crippen LogP contribution in [-0.2, 0) is 6.54 Å². The molecule has 144 valence electrons. The van der Waals surface area contributed by atoms with Gasteiger partial charge in [-0.25, -0.2) is 4.98 Å². The Morgan fingerprint density at radius 1 is 1.04 bits per heavy atom. The first-order valence-corrected chi connectivity index (χ1v) is 10.0. The second-order valence-corrected chi connectivity index (χ2v) is 7.00. The molecular formula is C22H30N4O. The van der Waals surface area contributed by atoms with Gasteiger partial charge in [0.15, 0.2) is 0 Å². The van der Waals surface area contributed by atoms with Crippen LogP contribution < -0.4 is 10.5 Å². The zero-order valence-electron chi connectivity index (χ0n) is 16.9. The number of aromatic nitrogens is 3. The van der Waals surface area contributed by atoms with Crippen LogP contribution >= 0.6 is 0 Å². The largest absolute Gasteiger partial charge is 0.372 e. The smallest absolute Gasteiger partial charge is 0.259 e. The van der Waals surface area contributed by atoms with Gasteiger partial charge in [0.2, 0.25) is 5.78 Å². The minimum Gasteiger partial charge on any atom is -0.372 e. The number of rotatable bonds is 8. The van der Waals surface area contributed by atoms with Crippen molar-refractivity contribution in [2.24, 2.45) is 0 Å². The lowest BCUT2D eigenvalue weighted by molar-refractivity contribution is 0.590. The van der Waals surface area contributed by atoms with Crippen LogP contribution in [0, 0.1) is 6.92 Å². The van der Waals surface area contributed by atoms with Crippen LogP contribution in [0.5, 0.6) is 0 Å². The summed E-state index contributed by atoms with van der Waals surface area (Å²) in [4.78, 5) is 19.6.